The van der Waals surface area contributed by atoms with E-state index < -0.39 is 12.3 Å². The van der Waals surface area contributed by atoms with Crippen LogP contribution in [0.3, 0.4) is 0 Å². The van der Waals surface area contributed by atoms with Crippen molar-refractivity contribution in [2.24, 2.45) is 0 Å². The molecule has 0 fully saturated rings. The summed E-state index contributed by atoms with van der Waals surface area (Å²) < 4.78 is 13.5. The Hall–Kier alpha value is -1.15. The third-order valence-corrected chi connectivity index (χ3v) is 2.72. The number of rotatable bonds is 2. The molecule has 1 aromatic carbocycles. The molecule has 1 nitrogen and oxygen atoms in total. The van der Waals surface area contributed by atoms with E-state index >= 15 is 0 Å². The highest BCUT2D eigenvalue weighted by molar-refractivity contribution is 5.42. The second-order valence-corrected chi connectivity index (χ2v) is 3.65. The van der Waals surface area contributed by atoms with Gasteiger partial charge in [0.15, 0.2) is 6.17 Å². The van der Waals surface area contributed by atoms with E-state index in [4.69, 9.17) is 0 Å². The van der Waals surface area contributed by atoms with Crippen molar-refractivity contribution >= 4 is 0 Å². The van der Waals surface area contributed by atoms with Crippen LogP contribution in [0.1, 0.15) is 22.9 Å². The fourth-order valence-corrected chi connectivity index (χ4v) is 2.03. The second-order valence-electron chi connectivity index (χ2n) is 3.65. The standard InChI is InChI=1S/C12H13FO/c1-2-4-8-5-3-6-9-10(8)7-11(14)12(9)13/h2-3,5-6,11-12,14H,1,4,7H2. The van der Waals surface area contributed by atoms with Gasteiger partial charge in [-0.1, -0.05) is 24.3 Å². The van der Waals surface area contributed by atoms with Crippen LogP contribution in [0.15, 0.2) is 30.9 Å². The summed E-state index contributed by atoms with van der Waals surface area (Å²) in [5.74, 6) is 0. The van der Waals surface area contributed by atoms with Gasteiger partial charge in [0.2, 0.25) is 0 Å². The number of aliphatic hydroxyl groups is 1. The molecule has 2 atom stereocenters. The molecule has 2 unspecified atom stereocenters. The van der Waals surface area contributed by atoms with Crippen molar-refractivity contribution in [3.8, 4) is 0 Å². The summed E-state index contributed by atoms with van der Waals surface area (Å²) in [6, 6.07) is 5.55. The molecule has 0 aliphatic heterocycles. The Morgan fingerprint density at radius 2 is 2.36 bits per heavy atom. The quantitative estimate of drug-likeness (QED) is 0.713. The fourth-order valence-electron chi connectivity index (χ4n) is 2.03. The molecular weight excluding hydrogens is 179 g/mol. The maximum absolute atomic E-state index is 13.5. The minimum absolute atomic E-state index is 0.431. The van der Waals surface area contributed by atoms with Gasteiger partial charge in [0.1, 0.15) is 0 Å². The third-order valence-electron chi connectivity index (χ3n) is 2.72. The first-order chi connectivity index (χ1) is 6.74. The molecule has 0 saturated heterocycles. The number of alkyl halides is 1. The van der Waals surface area contributed by atoms with E-state index in [2.05, 4.69) is 6.58 Å². The number of allylic oxidation sites excluding steroid dienone is 1. The highest BCUT2D eigenvalue weighted by atomic mass is 19.1. The van der Waals surface area contributed by atoms with Gasteiger partial charge in [-0.2, -0.15) is 0 Å². The third kappa shape index (κ3) is 1.36. The van der Waals surface area contributed by atoms with Gasteiger partial charge in [-0.25, -0.2) is 4.39 Å². The summed E-state index contributed by atoms with van der Waals surface area (Å²) in [5, 5.41) is 9.41. The lowest BCUT2D eigenvalue weighted by molar-refractivity contribution is 0.0928. The summed E-state index contributed by atoms with van der Waals surface area (Å²) in [4.78, 5) is 0. The second kappa shape index (κ2) is 3.54. The number of hydrogen-bond donors (Lipinski definition) is 1. The summed E-state index contributed by atoms with van der Waals surface area (Å²) >= 11 is 0. The van der Waals surface area contributed by atoms with Gasteiger partial charge in [-0.15, -0.1) is 6.58 Å². The zero-order chi connectivity index (χ0) is 10.1. The number of aliphatic hydroxyl groups excluding tert-OH is 1. The zero-order valence-electron chi connectivity index (χ0n) is 7.91. The minimum atomic E-state index is -1.21. The van der Waals surface area contributed by atoms with Crippen LogP contribution < -0.4 is 0 Å². The molecule has 74 valence electrons. The molecule has 0 bridgehead atoms. The van der Waals surface area contributed by atoms with Crippen molar-refractivity contribution in [2.75, 3.05) is 0 Å². The molecule has 0 radical (unpaired) electrons. The monoisotopic (exact) mass is 192 g/mol. The van der Waals surface area contributed by atoms with Crippen molar-refractivity contribution in [1.29, 1.82) is 0 Å². The molecular formula is C12H13FO. The number of halogens is 1. The molecule has 0 heterocycles. The first-order valence-electron chi connectivity index (χ1n) is 4.77. The van der Waals surface area contributed by atoms with Gasteiger partial charge in [-0.3, -0.25) is 0 Å². The molecule has 0 saturated carbocycles. The van der Waals surface area contributed by atoms with Crippen LogP contribution in [0.25, 0.3) is 0 Å². The van der Waals surface area contributed by atoms with Crippen molar-refractivity contribution < 1.29 is 9.50 Å². The maximum Gasteiger partial charge on any atom is 0.151 e. The van der Waals surface area contributed by atoms with Gasteiger partial charge >= 0.3 is 0 Å². The molecule has 1 aliphatic carbocycles. The Labute approximate surface area is 82.9 Å². The highest BCUT2D eigenvalue weighted by Gasteiger charge is 2.31. The van der Waals surface area contributed by atoms with E-state index in [9.17, 15) is 9.50 Å². The van der Waals surface area contributed by atoms with Gasteiger partial charge in [-0.05, 0) is 23.1 Å². The average molecular weight is 192 g/mol. The number of fused-ring (bicyclic) bond motifs is 1. The molecule has 2 heteroatoms. The molecule has 0 spiro atoms. The Kier molecular flexibility index (Phi) is 2.38. The lowest BCUT2D eigenvalue weighted by Gasteiger charge is -2.05. The normalized spacial score (nSPS) is 24.7. The van der Waals surface area contributed by atoms with Crippen molar-refractivity contribution in [3.63, 3.8) is 0 Å². The van der Waals surface area contributed by atoms with E-state index in [1.54, 1.807) is 12.1 Å². The van der Waals surface area contributed by atoms with Crippen LogP contribution in [-0.2, 0) is 12.8 Å². The van der Waals surface area contributed by atoms with Crippen LogP contribution in [0.4, 0.5) is 4.39 Å². The number of hydrogen-bond acceptors (Lipinski definition) is 1. The molecule has 1 aliphatic rings. The predicted octanol–water partition coefficient (Wildman–Crippen LogP) is 2.34. The molecule has 1 N–H and O–H groups in total. The van der Waals surface area contributed by atoms with Gasteiger partial charge in [0, 0.05) is 6.42 Å². The topological polar surface area (TPSA) is 20.2 Å². The Morgan fingerprint density at radius 3 is 3.07 bits per heavy atom. The Balaban J connectivity index is 2.44. The van der Waals surface area contributed by atoms with Crippen LogP contribution in [0.2, 0.25) is 0 Å². The van der Waals surface area contributed by atoms with E-state index in [1.165, 1.54) is 0 Å². The minimum Gasteiger partial charge on any atom is -0.389 e. The number of benzene rings is 1. The molecule has 1 aromatic rings. The molecule has 14 heavy (non-hydrogen) atoms. The average Bonchev–Trinajstić information content (AvgIpc) is 2.46. The first-order valence-corrected chi connectivity index (χ1v) is 4.77. The van der Waals surface area contributed by atoms with E-state index in [0.29, 0.717) is 12.0 Å². The van der Waals surface area contributed by atoms with Crippen LogP contribution in [0.5, 0.6) is 0 Å². The molecule has 0 amide bonds. The van der Waals surface area contributed by atoms with E-state index in [1.807, 2.05) is 12.1 Å². The van der Waals surface area contributed by atoms with Crippen molar-refractivity contribution in [1.82, 2.24) is 0 Å². The zero-order valence-corrected chi connectivity index (χ0v) is 7.91. The van der Waals surface area contributed by atoms with Gasteiger partial charge < -0.3 is 5.11 Å². The predicted molar refractivity (Wildman–Crippen MR) is 53.9 cm³/mol. The summed E-state index contributed by atoms with van der Waals surface area (Å²) in [5.41, 5.74) is 2.70. The first kappa shape index (κ1) is 9.41. The van der Waals surface area contributed by atoms with Crippen molar-refractivity contribution in [3.05, 3.63) is 47.5 Å². The lowest BCUT2D eigenvalue weighted by atomic mass is 10.0. The van der Waals surface area contributed by atoms with E-state index in [0.717, 1.165) is 17.5 Å². The smallest absolute Gasteiger partial charge is 0.151 e. The Morgan fingerprint density at radius 1 is 1.57 bits per heavy atom. The highest BCUT2D eigenvalue weighted by Crippen LogP contribution is 2.36. The summed E-state index contributed by atoms with van der Waals surface area (Å²) in [6.07, 6.45) is 0.891. The van der Waals surface area contributed by atoms with Crippen LogP contribution in [-0.4, -0.2) is 11.2 Å². The SMILES string of the molecule is C=CCc1cccc2c1CC(O)C2F. The molecule has 2 rings (SSSR count). The summed E-state index contributed by atoms with van der Waals surface area (Å²) in [7, 11) is 0. The van der Waals surface area contributed by atoms with Crippen molar-refractivity contribution in [2.45, 2.75) is 25.1 Å². The van der Waals surface area contributed by atoms with Crippen LogP contribution in [0, 0.1) is 0 Å². The van der Waals surface area contributed by atoms with Gasteiger partial charge in [0.25, 0.3) is 0 Å². The van der Waals surface area contributed by atoms with Crippen LogP contribution >= 0.6 is 0 Å². The fraction of sp³-hybridized carbons (Fsp3) is 0.333. The Bertz CT molecular complexity index is 359. The molecule has 0 aromatic heterocycles. The lowest BCUT2D eigenvalue weighted by Crippen LogP contribution is -2.08. The van der Waals surface area contributed by atoms with E-state index in [-0.39, 0.29) is 0 Å². The van der Waals surface area contributed by atoms with Gasteiger partial charge in [0.05, 0.1) is 6.10 Å². The largest absolute Gasteiger partial charge is 0.389 e. The summed E-state index contributed by atoms with van der Waals surface area (Å²) in [6.45, 7) is 3.66. The maximum atomic E-state index is 13.5.